The molecule has 0 saturated heterocycles. The molecule has 0 unspecified atom stereocenters. The van der Waals surface area contributed by atoms with Crippen LogP contribution in [0.15, 0.2) is 0 Å². The summed E-state index contributed by atoms with van der Waals surface area (Å²) in [5.74, 6) is 0. The van der Waals surface area contributed by atoms with Crippen molar-refractivity contribution in [3.63, 3.8) is 0 Å². The second-order valence-electron chi connectivity index (χ2n) is 0.283. The predicted octanol–water partition coefficient (Wildman–Crippen LogP) is -0.158. The molecule has 3 radical (unpaired) electrons. The number of hydrogen-bond acceptors (Lipinski definition) is 1. The average Bonchev–Trinajstić information content (AvgIpc) is 0.811. The zero-order valence-electron chi connectivity index (χ0n) is 2.38. The highest BCUT2D eigenvalue weighted by Crippen LogP contribution is 1.42. The molecule has 0 aromatic carbocycles. The highest BCUT2D eigenvalue weighted by Gasteiger charge is 1.70. The van der Waals surface area contributed by atoms with Gasteiger partial charge in [-0.2, -0.15) is 0 Å². The Labute approximate surface area is 30.8 Å². The number of carbonyl (C=O) groups is 1. The predicted molar refractivity (Wildman–Crippen MR) is 16.4 cm³/mol. The standard InChI is InChI=1S/CH2O3.B/c2-1(3)4;/h(H2,2,3,4);. The van der Waals surface area contributed by atoms with Crippen molar-refractivity contribution in [2.24, 2.45) is 0 Å². The van der Waals surface area contributed by atoms with E-state index in [1.54, 1.807) is 0 Å². The Bertz CT molecular complexity index is 29.9. The molecular formula is CH2BO3. The van der Waals surface area contributed by atoms with Gasteiger partial charge >= 0.3 is 6.16 Å². The van der Waals surface area contributed by atoms with E-state index in [1.807, 2.05) is 0 Å². The van der Waals surface area contributed by atoms with Crippen LogP contribution in [0.5, 0.6) is 0 Å². The van der Waals surface area contributed by atoms with Crippen LogP contribution in [0.1, 0.15) is 0 Å². The van der Waals surface area contributed by atoms with Crippen molar-refractivity contribution in [1.82, 2.24) is 0 Å². The van der Waals surface area contributed by atoms with E-state index in [0.29, 0.717) is 0 Å². The van der Waals surface area contributed by atoms with Crippen LogP contribution in [-0.4, -0.2) is 24.8 Å². The maximum Gasteiger partial charge on any atom is 0.503 e. The van der Waals surface area contributed by atoms with Gasteiger partial charge in [0.2, 0.25) is 0 Å². The van der Waals surface area contributed by atoms with Gasteiger partial charge in [0.05, 0.1) is 0 Å². The Morgan fingerprint density at radius 1 is 1.40 bits per heavy atom. The summed E-state index contributed by atoms with van der Waals surface area (Å²) >= 11 is 0. The van der Waals surface area contributed by atoms with Gasteiger partial charge in [-0.05, 0) is 0 Å². The SMILES string of the molecule is O=C(O)O.[B]. The fourth-order valence-corrected chi connectivity index (χ4v) is 0. The molecular weight excluding hydrogens is 70.8 g/mol. The summed E-state index contributed by atoms with van der Waals surface area (Å²) in [4.78, 5) is 8.56. The molecule has 0 amide bonds. The van der Waals surface area contributed by atoms with E-state index in [4.69, 9.17) is 15.0 Å². The van der Waals surface area contributed by atoms with E-state index in [1.165, 1.54) is 0 Å². The molecule has 0 rings (SSSR count). The first kappa shape index (κ1) is 8.84. The van der Waals surface area contributed by atoms with Gasteiger partial charge in [-0.15, -0.1) is 0 Å². The smallest absolute Gasteiger partial charge is 0.450 e. The Morgan fingerprint density at radius 2 is 1.40 bits per heavy atom. The monoisotopic (exact) mass is 73.0 g/mol. The topological polar surface area (TPSA) is 57.5 Å². The average molecular weight is 72.8 g/mol. The summed E-state index contributed by atoms with van der Waals surface area (Å²) in [6.45, 7) is 0. The van der Waals surface area contributed by atoms with Crippen molar-refractivity contribution in [1.29, 1.82) is 0 Å². The molecule has 3 nitrogen and oxygen atoms in total. The molecule has 4 heteroatoms. The highest BCUT2D eigenvalue weighted by atomic mass is 16.6. The number of carboxylic acid groups (broad SMARTS) is 2. The first-order chi connectivity index (χ1) is 1.73. The van der Waals surface area contributed by atoms with Crippen LogP contribution in [0.3, 0.4) is 0 Å². The maximum atomic E-state index is 8.56. The van der Waals surface area contributed by atoms with Crippen molar-refractivity contribution < 1.29 is 15.0 Å². The van der Waals surface area contributed by atoms with E-state index >= 15 is 0 Å². The summed E-state index contributed by atoms with van der Waals surface area (Å²) in [5, 5.41) is 13.9. The third kappa shape index (κ3) is 13.4. The van der Waals surface area contributed by atoms with Crippen molar-refractivity contribution in [3.8, 4) is 0 Å². The maximum absolute atomic E-state index is 8.56. The lowest BCUT2D eigenvalue weighted by Gasteiger charge is -1.60. The van der Waals surface area contributed by atoms with Crippen LogP contribution < -0.4 is 0 Å². The van der Waals surface area contributed by atoms with E-state index in [0.717, 1.165) is 0 Å². The molecule has 0 heterocycles. The van der Waals surface area contributed by atoms with Crippen LogP contribution in [0, 0.1) is 0 Å². The van der Waals surface area contributed by atoms with Gasteiger partial charge in [-0.3, -0.25) is 0 Å². The molecule has 0 spiro atoms. The molecule has 0 aliphatic heterocycles. The second-order valence-corrected chi connectivity index (χ2v) is 0.283. The Balaban J connectivity index is 0. The van der Waals surface area contributed by atoms with Crippen molar-refractivity contribution in [3.05, 3.63) is 0 Å². The first-order valence-electron chi connectivity index (χ1n) is 0.651. The summed E-state index contributed by atoms with van der Waals surface area (Å²) < 4.78 is 0. The summed E-state index contributed by atoms with van der Waals surface area (Å²) in [6, 6.07) is 0. The minimum atomic E-state index is -1.83. The largest absolute Gasteiger partial charge is 0.503 e. The zero-order valence-corrected chi connectivity index (χ0v) is 2.38. The molecule has 0 aromatic rings. The molecule has 0 atom stereocenters. The number of rotatable bonds is 0. The molecule has 0 aliphatic carbocycles. The highest BCUT2D eigenvalue weighted by molar-refractivity contribution is 5.75. The molecule has 5 heavy (non-hydrogen) atoms. The van der Waals surface area contributed by atoms with E-state index in [-0.39, 0.29) is 8.41 Å². The van der Waals surface area contributed by atoms with Crippen molar-refractivity contribution in [2.45, 2.75) is 0 Å². The minimum Gasteiger partial charge on any atom is -0.450 e. The molecule has 27 valence electrons. The quantitative estimate of drug-likeness (QED) is 0.391. The van der Waals surface area contributed by atoms with Gasteiger partial charge in [0, 0.05) is 8.41 Å². The van der Waals surface area contributed by atoms with Crippen LogP contribution in [-0.2, 0) is 0 Å². The summed E-state index contributed by atoms with van der Waals surface area (Å²) in [5.41, 5.74) is 0. The third-order valence-corrected chi connectivity index (χ3v) is 0. The molecule has 0 bridgehead atoms. The van der Waals surface area contributed by atoms with E-state index in [2.05, 4.69) is 0 Å². The fraction of sp³-hybridized carbons (Fsp3) is 0. The van der Waals surface area contributed by atoms with E-state index < -0.39 is 6.16 Å². The van der Waals surface area contributed by atoms with Crippen molar-refractivity contribution >= 4 is 14.6 Å². The van der Waals surface area contributed by atoms with Gasteiger partial charge in [-0.1, -0.05) is 0 Å². The van der Waals surface area contributed by atoms with Gasteiger partial charge < -0.3 is 10.2 Å². The minimum absolute atomic E-state index is 0. The van der Waals surface area contributed by atoms with Crippen LogP contribution >= 0.6 is 0 Å². The molecule has 0 fully saturated rings. The van der Waals surface area contributed by atoms with Crippen LogP contribution in [0.4, 0.5) is 4.79 Å². The van der Waals surface area contributed by atoms with Gasteiger partial charge in [0.25, 0.3) is 0 Å². The Kier molecular flexibility index (Phi) is 5.90. The lowest BCUT2D eigenvalue weighted by molar-refractivity contribution is 0.137. The molecule has 0 saturated carbocycles. The van der Waals surface area contributed by atoms with Gasteiger partial charge in [0.15, 0.2) is 0 Å². The second kappa shape index (κ2) is 3.33. The van der Waals surface area contributed by atoms with Gasteiger partial charge in [0.1, 0.15) is 0 Å². The molecule has 0 aromatic heterocycles. The van der Waals surface area contributed by atoms with Crippen LogP contribution in [0.2, 0.25) is 0 Å². The Hall–Kier alpha value is -0.665. The summed E-state index contributed by atoms with van der Waals surface area (Å²) in [6.07, 6.45) is -1.83. The lowest BCUT2D eigenvalue weighted by Crippen LogP contribution is -1.81. The van der Waals surface area contributed by atoms with E-state index in [9.17, 15) is 0 Å². The van der Waals surface area contributed by atoms with Crippen molar-refractivity contribution in [2.75, 3.05) is 0 Å². The summed E-state index contributed by atoms with van der Waals surface area (Å²) in [7, 11) is 0. The Morgan fingerprint density at radius 3 is 1.40 bits per heavy atom. The lowest BCUT2D eigenvalue weighted by atomic mass is 10.8. The third-order valence-electron chi connectivity index (χ3n) is 0. The van der Waals surface area contributed by atoms with Crippen LogP contribution in [0.25, 0.3) is 0 Å². The zero-order chi connectivity index (χ0) is 3.58. The number of hydrogen-bond donors (Lipinski definition) is 2. The van der Waals surface area contributed by atoms with Gasteiger partial charge in [-0.25, -0.2) is 4.79 Å². The normalized spacial score (nSPS) is 4.80. The fourth-order valence-electron chi connectivity index (χ4n) is 0. The first-order valence-corrected chi connectivity index (χ1v) is 0.651. The molecule has 0 aliphatic rings. The molecule has 2 N–H and O–H groups in total.